The number of fused-ring (bicyclic) bond motifs is 1. The number of methoxy groups -OCH3 is 3. The standard InChI is InChI=1S/C26H22O7/c1-15-19(33-26(28)16-8-6-5-7-9-16)11-10-18-24(27)23(32-25(15)18)13-17-12-21(30-3)22(31-4)14-20(17)29-2/h5-14H,1-4H3/b23-13-. The van der Waals surface area contributed by atoms with Crippen LogP contribution in [0.15, 0.2) is 60.4 Å². The van der Waals surface area contributed by atoms with Gasteiger partial charge in [0.1, 0.15) is 17.2 Å². The number of hydrogen-bond acceptors (Lipinski definition) is 7. The predicted octanol–water partition coefficient (Wildman–Crippen LogP) is 4.86. The minimum atomic E-state index is -0.492. The number of benzene rings is 3. The normalized spacial score (nSPS) is 13.3. The van der Waals surface area contributed by atoms with Crippen molar-refractivity contribution in [1.82, 2.24) is 0 Å². The van der Waals surface area contributed by atoms with Crippen LogP contribution in [-0.2, 0) is 0 Å². The lowest BCUT2D eigenvalue weighted by Gasteiger charge is -2.12. The molecule has 1 heterocycles. The van der Waals surface area contributed by atoms with Crippen molar-refractivity contribution >= 4 is 17.8 Å². The van der Waals surface area contributed by atoms with E-state index in [0.717, 1.165) is 0 Å². The zero-order chi connectivity index (χ0) is 23.5. The van der Waals surface area contributed by atoms with Gasteiger partial charge in [0.2, 0.25) is 5.78 Å². The first kappa shape index (κ1) is 22.0. The van der Waals surface area contributed by atoms with Crippen LogP contribution in [0.5, 0.6) is 28.7 Å². The van der Waals surface area contributed by atoms with E-state index in [2.05, 4.69) is 0 Å². The number of rotatable bonds is 6. The second-order valence-corrected chi connectivity index (χ2v) is 7.21. The fraction of sp³-hybridized carbons (Fsp3) is 0.154. The topological polar surface area (TPSA) is 80.3 Å². The van der Waals surface area contributed by atoms with Crippen LogP contribution < -0.4 is 23.7 Å². The Morgan fingerprint density at radius 2 is 1.52 bits per heavy atom. The summed E-state index contributed by atoms with van der Waals surface area (Å²) in [6.07, 6.45) is 1.58. The van der Waals surface area contributed by atoms with Gasteiger partial charge in [-0.25, -0.2) is 4.79 Å². The van der Waals surface area contributed by atoms with Crippen LogP contribution >= 0.6 is 0 Å². The minimum Gasteiger partial charge on any atom is -0.496 e. The highest BCUT2D eigenvalue weighted by atomic mass is 16.5. The number of Topliss-reactive ketones (excluding diaryl/α,β-unsaturated/α-hetero) is 1. The molecule has 0 saturated carbocycles. The first-order valence-corrected chi connectivity index (χ1v) is 10.1. The molecule has 0 aliphatic carbocycles. The Bertz CT molecular complexity index is 1260. The lowest BCUT2D eigenvalue weighted by Crippen LogP contribution is -2.09. The van der Waals surface area contributed by atoms with Crippen molar-refractivity contribution < 1.29 is 33.3 Å². The number of carbonyl (C=O) groups excluding carboxylic acids is 2. The minimum absolute atomic E-state index is 0.116. The van der Waals surface area contributed by atoms with Crippen LogP contribution in [0.25, 0.3) is 6.08 Å². The van der Waals surface area contributed by atoms with E-state index in [4.69, 9.17) is 23.7 Å². The summed E-state index contributed by atoms with van der Waals surface area (Å²) in [6.45, 7) is 1.74. The van der Waals surface area contributed by atoms with Gasteiger partial charge in [0.25, 0.3) is 0 Å². The number of ketones is 1. The maximum atomic E-state index is 13.0. The van der Waals surface area contributed by atoms with Crippen LogP contribution in [0.4, 0.5) is 0 Å². The van der Waals surface area contributed by atoms with Crippen LogP contribution in [0.2, 0.25) is 0 Å². The van der Waals surface area contributed by atoms with E-state index in [0.29, 0.717) is 51.0 Å². The van der Waals surface area contributed by atoms with Crippen LogP contribution in [-0.4, -0.2) is 33.1 Å². The molecule has 7 nitrogen and oxygen atoms in total. The fourth-order valence-electron chi connectivity index (χ4n) is 3.52. The Kier molecular flexibility index (Phi) is 6.04. The third kappa shape index (κ3) is 4.13. The zero-order valence-corrected chi connectivity index (χ0v) is 18.6. The molecular formula is C26H22O7. The highest BCUT2D eigenvalue weighted by Crippen LogP contribution is 2.41. The summed E-state index contributed by atoms with van der Waals surface area (Å²) >= 11 is 0. The van der Waals surface area contributed by atoms with E-state index < -0.39 is 5.97 Å². The van der Waals surface area contributed by atoms with Crippen LogP contribution in [0.3, 0.4) is 0 Å². The molecule has 0 radical (unpaired) electrons. The Labute approximate surface area is 191 Å². The molecule has 1 aliphatic rings. The first-order valence-electron chi connectivity index (χ1n) is 10.1. The molecule has 0 spiro atoms. The van der Waals surface area contributed by atoms with Crippen LogP contribution in [0, 0.1) is 6.92 Å². The summed E-state index contributed by atoms with van der Waals surface area (Å²) in [5.74, 6) is 1.48. The molecule has 0 saturated heterocycles. The van der Waals surface area contributed by atoms with Gasteiger partial charge in [0.15, 0.2) is 17.3 Å². The Morgan fingerprint density at radius 3 is 2.18 bits per heavy atom. The summed E-state index contributed by atoms with van der Waals surface area (Å²) in [7, 11) is 4.57. The van der Waals surface area contributed by atoms with Crippen molar-refractivity contribution in [2.45, 2.75) is 6.92 Å². The Hall–Kier alpha value is -4.26. The van der Waals surface area contributed by atoms with Gasteiger partial charge in [-0.05, 0) is 43.3 Å². The summed E-state index contributed by atoms with van der Waals surface area (Å²) in [5.41, 5.74) is 1.95. The summed E-state index contributed by atoms with van der Waals surface area (Å²) in [6, 6.07) is 15.2. The third-order valence-electron chi connectivity index (χ3n) is 5.27. The number of hydrogen-bond donors (Lipinski definition) is 0. The van der Waals surface area contributed by atoms with E-state index in [-0.39, 0.29) is 11.5 Å². The fourth-order valence-corrected chi connectivity index (χ4v) is 3.52. The molecule has 4 rings (SSSR count). The molecule has 0 bridgehead atoms. The highest BCUT2D eigenvalue weighted by Gasteiger charge is 2.31. The van der Waals surface area contributed by atoms with Gasteiger partial charge in [0.05, 0.1) is 32.5 Å². The quantitative estimate of drug-likeness (QED) is 0.304. The molecule has 3 aromatic rings. The monoisotopic (exact) mass is 446 g/mol. The van der Waals surface area contributed by atoms with Crippen molar-refractivity contribution in [2.75, 3.05) is 21.3 Å². The maximum Gasteiger partial charge on any atom is 0.343 e. The molecule has 0 fully saturated rings. The molecule has 0 amide bonds. The number of ether oxygens (including phenoxy) is 5. The highest BCUT2D eigenvalue weighted by molar-refractivity contribution is 6.15. The Morgan fingerprint density at radius 1 is 0.848 bits per heavy atom. The molecule has 168 valence electrons. The molecule has 0 unspecified atom stereocenters. The second kappa shape index (κ2) is 9.08. The lowest BCUT2D eigenvalue weighted by atomic mass is 10.1. The summed E-state index contributed by atoms with van der Waals surface area (Å²) < 4.78 is 27.5. The average Bonchev–Trinajstić information content (AvgIpc) is 3.16. The molecule has 1 aliphatic heterocycles. The van der Waals surface area contributed by atoms with Gasteiger partial charge in [0, 0.05) is 17.2 Å². The summed E-state index contributed by atoms with van der Waals surface area (Å²) in [5, 5.41) is 0. The van der Waals surface area contributed by atoms with Gasteiger partial charge >= 0.3 is 5.97 Å². The SMILES string of the molecule is COc1cc(OC)c(OC)cc1/C=C1\Oc2c(ccc(OC(=O)c3ccccc3)c2C)C1=O. The molecule has 3 aromatic carbocycles. The second-order valence-electron chi connectivity index (χ2n) is 7.21. The van der Waals surface area contributed by atoms with Gasteiger partial charge in [-0.2, -0.15) is 0 Å². The Balaban J connectivity index is 1.66. The number of allylic oxidation sites excluding steroid dienone is 1. The van der Waals surface area contributed by atoms with Crippen molar-refractivity contribution in [3.05, 3.63) is 82.6 Å². The van der Waals surface area contributed by atoms with E-state index in [1.807, 2.05) is 6.07 Å². The largest absolute Gasteiger partial charge is 0.496 e. The van der Waals surface area contributed by atoms with E-state index in [1.54, 1.807) is 61.5 Å². The van der Waals surface area contributed by atoms with Crippen molar-refractivity contribution in [2.24, 2.45) is 0 Å². The zero-order valence-electron chi connectivity index (χ0n) is 18.6. The van der Waals surface area contributed by atoms with E-state index in [9.17, 15) is 9.59 Å². The maximum absolute atomic E-state index is 13.0. The molecule has 7 heteroatoms. The molecule has 0 N–H and O–H groups in total. The molecular weight excluding hydrogens is 424 g/mol. The molecule has 33 heavy (non-hydrogen) atoms. The number of esters is 1. The van der Waals surface area contributed by atoms with Crippen LogP contribution in [0.1, 0.15) is 31.8 Å². The van der Waals surface area contributed by atoms with Crippen molar-refractivity contribution in [3.8, 4) is 28.7 Å². The van der Waals surface area contributed by atoms with Crippen molar-refractivity contribution in [1.29, 1.82) is 0 Å². The van der Waals surface area contributed by atoms with Gasteiger partial charge in [-0.15, -0.1) is 0 Å². The van der Waals surface area contributed by atoms with E-state index in [1.165, 1.54) is 21.3 Å². The number of carbonyl (C=O) groups is 2. The van der Waals surface area contributed by atoms with Gasteiger partial charge in [-0.3, -0.25) is 4.79 Å². The molecule has 0 atom stereocenters. The predicted molar refractivity (Wildman–Crippen MR) is 122 cm³/mol. The lowest BCUT2D eigenvalue weighted by molar-refractivity contribution is 0.0733. The summed E-state index contributed by atoms with van der Waals surface area (Å²) in [4.78, 5) is 25.4. The van der Waals surface area contributed by atoms with E-state index >= 15 is 0 Å². The van der Waals surface area contributed by atoms with Crippen molar-refractivity contribution in [3.63, 3.8) is 0 Å². The smallest absolute Gasteiger partial charge is 0.343 e. The first-order chi connectivity index (χ1) is 16.0. The molecule has 0 aromatic heterocycles. The van der Waals surface area contributed by atoms with Gasteiger partial charge in [-0.1, -0.05) is 18.2 Å². The average molecular weight is 446 g/mol. The van der Waals surface area contributed by atoms with Gasteiger partial charge < -0.3 is 23.7 Å². The third-order valence-corrected chi connectivity index (χ3v) is 5.27.